The smallest absolute Gasteiger partial charge is 0.161 e. The summed E-state index contributed by atoms with van der Waals surface area (Å²) in [6.07, 6.45) is 5.70. The van der Waals surface area contributed by atoms with Gasteiger partial charge in [0.2, 0.25) is 0 Å². The van der Waals surface area contributed by atoms with E-state index in [9.17, 15) is 0 Å². The number of fused-ring (bicyclic) bond motifs is 1. The average Bonchev–Trinajstić information content (AvgIpc) is 3.19. The van der Waals surface area contributed by atoms with Crippen molar-refractivity contribution in [3.05, 3.63) is 77.1 Å². The lowest BCUT2D eigenvalue weighted by molar-refractivity contribution is 0.0952. The first-order valence-corrected chi connectivity index (χ1v) is 12.9. The summed E-state index contributed by atoms with van der Waals surface area (Å²) in [7, 11) is 4.30. The second-order valence-electron chi connectivity index (χ2n) is 10.2. The maximum Gasteiger partial charge on any atom is 0.161 e. The van der Waals surface area contributed by atoms with Crippen molar-refractivity contribution in [2.45, 2.75) is 45.3 Å². The van der Waals surface area contributed by atoms with E-state index in [2.05, 4.69) is 83.6 Å². The highest BCUT2D eigenvalue weighted by Crippen LogP contribution is 2.32. The van der Waals surface area contributed by atoms with Crippen LogP contribution in [0.5, 0.6) is 11.5 Å². The maximum absolute atomic E-state index is 5.79. The lowest BCUT2D eigenvalue weighted by Gasteiger charge is -2.40. The molecule has 0 unspecified atom stereocenters. The summed E-state index contributed by atoms with van der Waals surface area (Å²) in [5.74, 6) is 2.43. The minimum Gasteiger partial charge on any atom is -0.486 e. The number of likely N-dealkylation sites (N-methyl/N-ethyl adjacent to an activating group) is 1. The highest BCUT2D eigenvalue weighted by Gasteiger charge is 2.30. The van der Waals surface area contributed by atoms with E-state index in [1.54, 1.807) is 0 Å². The second kappa shape index (κ2) is 10.8. The SMILES string of the molecule is Cc1nn(C)cc1CN(C)[C@@H](Cc1ccccc1)C1CCN(Cc2ccc3c(c2)OCCO3)CC1. The van der Waals surface area contributed by atoms with Crippen LogP contribution in [0, 0.1) is 12.8 Å². The Morgan fingerprint density at radius 3 is 2.46 bits per heavy atom. The Labute approximate surface area is 209 Å². The van der Waals surface area contributed by atoms with Crippen LogP contribution in [-0.2, 0) is 26.6 Å². The molecule has 0 amide bonds. The van der Waals surface area contributed by atoms with E-state index in [4.69, 9.17) is 9.47 Å². The highest BCUT2D eigenvalue weighted by molar-refractivity contribution is 5.43. The third kappa shape index (κ3) is 5.88. The molecule has 0 spiro atoms. The lowest BCUT2D eigenvalue weighted by Crippen LogP contribution is -2.45. The monoisotopic (exact) mass is 474 g/mol. The van der Waals surface area contributed by atoms with Crippen LogP contribution in [0.15, 0.2) is 54.7 Å². The van der Waals surface area contributed by atoms with Gasteiger partial charge in [-0.05, 0) is 75.5 Å². The molecule has 0 radical (unpaired) electrons. The lowest BCUT2D eigenvalue weighted by atomic mass is 9.84. The van der Waals surface area contributed by atoms with E-state index >= 15 is 0 Å². The quantitative estimate of drug-likeness (QED) is 0.482. The third-order valence-corrected chi connectivity index (χ3v) is 7.58. The van der Waals surface area contributed by atoms with Crippen molar-refractivity contribution in [2.24, 2.45) is 13.0 Å². The largest absolute Gasteiger partial charge is 0.486 e. The zero-order valence-corrected chi connectivity index (χ0v) is 21.3. The Hall–Kier alpha value is -2.83. The molecule has 0 saturated carbocycles. The van der Waals surface area contributed by atoms with E-state index in [1.807, 2.05) is 11.7 Å². The number of piperidine rings is 1. The summed E-state index contributed by atoms with van der Waals surface area (Å²) < 4.78 is 13.4. The predicted molar refractivity (Wildman–Crippen MR) is 139 cm³/mol. The van der Waals surface area contributed by atoms with Crippen LogP contribution in [0.3, 0.4) is 0 Å². The first kappa shape index (κ1) is 23.9. The fourth-order valence-corrected chi connectivity index (χ4v) is 5.67. The minimum atomic E-state index is 0.508. The van der Waals surface area contributed by atoms with Gasteiger partial charge in [0.05, 0.1) is 5.69 Å². The van der Waals surface area contributed by atoms with Gasteiger partial charge in [-0.3, -0.25) is 14.5 Å². The number of aryl methyl sites for hydroxylation is 2. The summed E-state index contributed by atoms with van der Waals surface area (Å²) in [5, 5.41) is 4.56. The van der Waals surface area contributed by atoms with Crippen LogP contribution in [0.25, 0.3) is 0 Å². The van der Waals surface area contributed by atoms with Crippen molar-refractivity contribution < 1.29 is 9.47 Å². The van der Waals surface area contributed by atoms with E-state index in [1.165, 1.54) is 29.5 Å². The number of benzene rings is 2. The number of aromatic nitrogens is 2. The average molecular weight is 475 g/mol. The zero-order chi connectivity index (χ0) is 24.2. The molecule has 6 heteroatoms. The van der Waals surface area contributed by atoms with Gasteiger partial charge >= 0.3 is 0 Å². The molecule has 1 atom stereocenters. The minimum absolute atomic E-state index is 0.508. The number of ether oxygens (including phenoxy) is 2. The number of likely N-dealkylation sites (tertiary alicyclic amines) is 1. The molecule has 0 N–H and O–H groups in total. The normalized spacial score (nSPS) is 17.6. The van der Waals surface area contributed by atoms with Gasteiger partial charge in [0.25, 0.3) is 0 Å². The van der Waals surface area contributed by atoms with Gasteiger partial charge in [0.1, 0.15) is 13.2 Å². The van der Waals surface area contributed by atoms with Crippen molar-refractivity contribution in [1.82, 2.24) is 19.6 Å². The van der Waals surface area contributed by atoms with E-state index in [0.29, 0.717) is 25.2 Å². The summed E-state index contributed by atoms with van der Waals surface area (Å²) >= 11 is 0. The van der Waals surface area contributed by atoms with Crippen molar-refractivity contribution in [3.63, 3.8) is 0 Å². The third-order valence-electron chi connectivity index (χ3n) is 7.58. The van der Waals surface area contributed by atoms with Crippen molar-refractivity contribution in [1.29, 1.82) is 0 Å². The molecule has 35 heavy (non-hydrogen) atoms. The molecular formula is C29H38N4O2. The van der Waals surface area contributed by atoms with Gasteiger partial charge in [-0.1, -0.05) is 36.4 Å². The number of hydrogen-bond acceptors (Lipinski definition) is 5. The highest BCUT2D eigenvalue weighted by atomic mass is 16.6. The van der Waals surface area contributed by atoms with E-state index < -0.39 is 0 Å². The molecule has 5 rings (SSSR count). The van der Waals surface area contributed by atoms with Gasteiger partial charge in [0.15, 0.2) is 11.5 Å². The Morgan fingerprint density at radius 1 is 1.00 bits per heavy atom. The van der Waals surface area contributed by atoms with Crippen LogP contribution >= 0.6 is 0 Å². The summed E-state index contributed by atoms with van der Waals surface area (Å²) in [6, 6.07) is 17.9. The molecule has 1 fully saturated rings. The van der Waals surface area contributed by atoms with E-state index in [0.717, 1.165) is 49.8 Å². The molecule has 0 bridgehead atoms. The molecule has 2 aromatic carbocycles. The molecule has 2 aliphatic heterocycles. The zero-order valence-electron chi connectivity index (χ0n) is 21.3. The topological polar surface area (TPSA) is 42.8 Å². The molecule has 186 valence electrons. The molecule has 0 aliphatic carbocycles. The second-order valence-corrected chi connectivity index (χ2v) is 10.2. The van der Waals surface area contributed by atoms with Crippen LogP contribution < -0.4 is 9.47 Å². The molecular weight excluding hydrogens is 436 g/mol. The predicted octanol–water partition coefficient (Wildman–Crippen LogP) is 4.46. The number of rotatable bonds is 8. The van der Waals surface area contributed by atoms with Gasteiger partial charge in [-0.15, -0.1) is 0 Å². The first-order chi connectivity index (χ1) is 17.0. The number of hydrogen-bond donors (Lipinski definition) is 0. The Bertz CT molecular complexity index is 1110. The fraction of sp³-hybridized carbons (Fsp3) is 0.483. The van der Waals surface area contributed by atoms with E-state index in [-0.39, 0.29) is 0 Å². The summed E-state index contributed by atoms with van der Waals surface area (Å²) in [4.78, 5) is 5.16. The summed E-state index contributed by atoms with van der Waals surface area (Å²) in [6.45, 7) is 7.56. The van der Waals surface area contributed by atoms with Gasteiger partial charge < -0.3 is 9.47 Å². The maximum atomic E-state index is 5.79. The van der Waals surface area contributed by atoms with Gasteiger partial charge in [-0.2, -0.15) is 5.10 Å². The summed E-state index contributed by atoms with van der Waals surface area (Å²) in [5.41, 5.74) is 5.18. The fourth-order valence-electron chi connectivity index (χ4n) is 5.67. The standard InChI is InChI=1S/C29H38N4O2/c1-22-26(21-32(3)30-22)20-31(2)27(17-23-7-5-4-6-8-23)25-11-13-33(14-12-25)19-24-9-10-28-29(18-24)35-16-15-34-28/h4-10,18,21,25,27H,11-17,19-20H2,1-3H3/t27-/m0/s1. The molecule has 3 aromatic rings. The Balaban J connectivity index is 1.24. The molecule has 6 nitrogen and oxygen atoms in total. The molecule has 1 aromatic heterocycles. The van der Waals surface area contributed by atoms with Gasteiger partial charge in [0, 0.05) is 37.9 Å². The molecule has 2 aliphatic rings. The van der Waals surface area contributed by atoms with Crippen molar-refractivity contribution >= 4 is 0 Å². The van der Waals surface area contributed by atoms with Gasteiger partial charge in [-0.25, -0.2) is 0 Å². The molecule has 1 saturated heterocycles. The van der Waals surface area contributed by atoms with Crippen LogP contribution in [0.1, 0.15) is 35.2 Å². The Morgan fingerprint density at radius 2 is 1.74 bits per heavy atom. The van der Waals surface area contributed by atoms with Crippen LogP contribution in [0.2, 0.25) is 0 Å². The van der Waals surface area contributed by atoms with Crippen LogP contribution in [0.4, 0.5) is 0 Å². The van der Waals surface area contributed by atoms with Crippen LogP contribution in [-0.4, -0.2) is 59.0 Å². The Kier molecular flexibility index (Phi) is 7.40. The van der Waals surface area contributed by atoms with Crippen molar-refractivity contribution in [2.75, 3.05) is 33.4 Å². The number of nitrogens with zero attached hydrogens (tertiary/aromatic N) is 4. The van der Waals surface area contributed by atoms with Crippen molar-refractivity contribution in [3.8, 4) is 11.5 Å². The first-order valence-electron chi connectivity index (χ1n) is 12.9. The molecule has 3 heterocycles.